The first-order valence-electron chi connectivity index (χ1n) is 8.94. The topological polar surface area (TPSA) is 60.2 Å². The number of nitrogens with zero attached hydrogens (tertiary/aromatic N) is 3. The molecule has 1 N–H and O–H groups in total. The van der Waals surface area contributed by atoms with Gasteiger partial charge in [0.1, 0.15) is 28.2 Å². The molecule has 0 fully saturated rings. The predicted octanol–water partition coefficient (Wildman–Crippen LogP) is 4.65. The van der Waals surface area contributed by atoms with E-state index >= 15 is 0 Å². The van der Waals surface area contributed by atoms with Crippen LogP contribution < -0.4 is 4.74 Å². The fourth-order valence-corrected chi connectivity index (χ4v) is 2.95. The fourth-order valence-electron chi connectivity index (χ4n) is 2.95. The van der Waals surface area contributed by atoms with E-state index in [0.717, 1.165) is 29.6 Å². The summed E-state index contributed by atoms with van der Waals surface area (Å²) >= 11 is 0. The average molecular weight is 339 g/mol. The summed E-state index contributed by atoms with van der Waals surface area (Å²) in [5, 5.41) is 19.2. The maximum atomic E-state index is 10.2. The van der Waals surface area contributed by atoms with Gasteiger partial charge in [0.2, 0.25) is 0 Å². The second-order valence-corrected chi connectivity index (χ2v) is 6.33. The molecule has 5 heteroatoms. The normalized spacial score (nSPS) is 11.1. The van der Waals surface area contributed by atoms with Crippen LogP contribution >= 0.6 is 0 Å². The number of fused-ring (bicyclic) bond motifs is 1. The Bertz CT molecular complexity index is 842. The minimum atomic E-state index is 0.182. The lowest BCUT2D eigenvalue weighted by Crippen LogP contribution is -2.00. The van der Waals surface area contributed by atoms with Gasteiger partial charge in [0.25, 0.3) is 0 Å². The van der Waals surface area contributed by atoms with Gasteiger partial charge in [-0.15, -0.1) is 15.0 Å². The van der Waals surface area contributed by atoms with Crippen LogP contribution in [0, 0.1) is 0 Å². The number of aromatic hydroxyl groups is 1. The summed E-state index contributed by atoms with van der Waals surface area (Å²) in [6.45, 7) is 2.23. The summed E-state index contributed by atoms with van der Waals surface area (Å²) in [7, 11) is 1.63. The van der Waals surface area contributed by atoms with Crippen molar-refractivity contribution in [2.45, 2.75) is 45.4 Å². The molecule has 0 aliphatic heterocycles. The lowest BCUT2D eigenvalue weighted by atomic mass is 10.0. The van der Waals surface area contributed by atoms with Gasteiger partial charge in [-0.2, -0.15) is 0 Å². The lowest BCUT2D eigenvalue weighted by molar-refractivity contribution is 0.415. The van der Waals surface area contributed by atoms with Gasteiger partial charge in [0.05, 0.1) is 7.11 Å². The molecule has 0 spiro atoms. The number of hydrogen-bond acceptors (Lipinski definition) is 4. The smallest absolute Gasteiger partial charge is 0.143 e. The van der Waals surface area contributed by atoms with E-state index in [4.69, 9.17) is 4.74 Å². The zero-order chi connectivity index (χ0) is 17.6. The van der Waals surface area contributed by atoms with E-state index in [2.05, 4.69) is 17.1 Å². The molecule has 1 heterocycles. The number of phenols is 1. The third-order valence-electron chi connectivity index (χ3n) is 4.41. The quantitative estimate of drug-likeness (QED) is 0.607. The number of rotatable bonds is 8. The van der Waals surface area contributed by atoms with Crippen LogP contribution in [0.4, 0.5) is 0 Å². The van der Waals surface area contributed by atoms with E-state index in [9.17, 15) is 5.11 Å². The largest absolute Gasteiger partial charge is 0.506 e. The molecule has 25 heavy (non-hydrogen) atoms. The minimum absolute atomic E-state index is 0.182. The van der Waals surface area contributed by atoms with E-state index in [1.807, 2.05) is 30.3 Å². The molecule has 0 atom stereocenters. The highest BCUT2D eigenvalue weighted by Gasteiger charge is 2.10. The van der Waals surface area contributed by atoms with Crippen LogP contribution in [0.5, 0.6) is 11.5 Å². The van der Waals surface area contributed by atoms with Gasteiger partial charge < -0.3 is 9.84 Å². The first kappa shape index (κ1) is 17.3. The summed E-state index contributed by atoms with van der Waals surface area (Å²) in [5.41, 5.74) is 3.32. The second kappa shape index (κ2) is 8.01. The molecular formula is C20H25N3O2. The summed E-state index contributed by atoms with van der Waals surface area (Å²) < 4.78 is 5.23. The molecule has 3 aromatic rings. The zero-order valence-electron chi connectivity index (χ0n) is 14.9. The molecule has 0 aliphatic rings. The van der Waals surface area contributed by atoms with Gasteiger partial charge in [-0.3, -0.25) is 0 Å². The van der Waals surface area contributed by atoms with Crippen molar-refractivity contribution in [2.24, 2.45) is 0 Å². The Morgan fingerprint density at radius 1 is 0.960 bits per heavy atom. The van der Waals surface area contributed by atoms with Gasteiger partial charge in [0, 0.05) is 6.07 Å². The molecule has 132 valence electrons. The van der Waals surface area contributed by atoms with Gasteiger partial charge in [-0.1, -0.05) is 38.7 Å². The second-order valence-electron chi connectivity index (χ2n) is 6.33. The van der Waals surface area contributed by atoms with Crippen LogP contribution in [-0.2, 0) is 6.42 Å². The Morgan fingerprint density at radius 2 is 1.76 bits per heavy atom. The highest BCUT2D eigenvalue weighted by molar-refractivity contribution is 5.75. The van der Waals surface area contributed by atoms with Crippen LogP contribution in [0.2, 0.25) is 0 Å². The van der Waals surface area contributed by atoms with E-state index in [-0.39, 0.29) is 5.75 Å². The van der Waals surface area contributed by atoms with Gasteiger partial charge in [-0.25, -0.2) is 0 Å². The molecule has 0 radical (unpaired) electrons. The number of ether oxygens (including phenoxy) is 1. The third-order valence-corrected chi connectivity index (χ3v) is 4.41. The van der Waals surface area contributed by atoms with Crippen LogP contribution in [-0.4, -0.2) is 27.2 Å². The van der Waals surface area contributed by atoms with Crippen molar-refractivity contribution in [2.75, 3.05) is 7.11 Å². The number of methoxy groups -OCH3 is 1. The summed E-state index contributed by atoms with van der Waals surface area (Å²) in [6, 6.07) is 11.2. The van der Waals surface area contributed by atoms with Crippen molar-refractivity contribution in [1.29, 1.82) is 0 Å². The van der Waals surface area contributed by atoms with E-state index in [1.54, 1.807) is 13.2 Å². The van der Waals surface area contributed by atoms with Crippen molar-refractivity contribution in [1.82, 2.24) is 15.0 Å². The van der Waals surface area contributed by atoms with Crippen LogP contribution in [0.15, 0.2) is 36.4 Å². The Hall–Kier alpha value is -2.56. The number of aromatic nitrogens is 3. The molecule has 0 saturated carbocycles. The molecule has 0 bridgehead atoms. The minimum Gasteiger partial charge on any atom is -0.506 e. The van der Waals surface area contributed by atoms with Crippen molar-refractivity contribution in [3.63, 3.8) is 0 Å². The van der Waals surface area contributed by atoms with Gasteiger partial charge >= 0.3 is 0 Å². The molecule has 3 rings (SSSR count). The van der Waals surface area contributed by atoms with Crippen molar-refractivity contribution < 1.29 is 9.84 Å². The van der Waals surface area contributed by atoms with Crippen molar-refractivity contribution in [3.05, 3.63) is 42.0 Å². The van der Waals surface area contributed by atoms with Crippen LogP contribution in [0.1, 0.15) is 44.6 Å². The molecule has 0 unspecified atom stereocenters. The fraction of sp³-hybridized carbons (Fsp3) is 0.400. The predicted molar refractivity (Wildman–Crippen MR) is 99.5 cm³/mol. The highest BCUT2D eigenvalue weighted by atomic mass is 16.5. The molecule has 2 aromatic carbocycles. The van der Waals surface area contributed by atoms with Crippen LogP contribution in [0.3, 0.4) is 0 Å². The SMILES string of the molecule is CCCCCCCc1ccc(O)c(-n2nc3ccc(OC)cc3n2)c1. The summed E-state index contributed by atoms with van der Waals surface area (Å²) in [4.78, 5) is 1.50. The molecule has 0 aliphatic carbocycles. The number of phenolic OH excluding ortho intramolecular Hbond substituents is 1. The lowest BCUT2D eigenvalue weighted by Gasteiger charge is -2.07. The number of hydrogen-bond donors (Lipinski definition) is 1. The Kier molecular flexibility index (Phi) is 5.53. The molecule has 0 amide bonds. The number of unbranched alkanes of at least 4 members (excludes halogenated alkanes) is 4. The third kappa shape index (κ3) is 4.10. The Labute approximate surface area is 148 Å². The van der Waals surface area contributed by atoms with Crippen LogP contribution in [0.25, 0.3) is 16.7 Å². The van der Waals surface area contributed by atoms with Crippen molar-refractivity contribution in [3.8, 4) is 17.2 Å². The Balaban J connectivity index is 1.80. The maximum Gasteiger partial charge on any atom is 0.143 e. The zero-order valence-corrected chi connectivity index (χ0v) is 14.9. The average Bonchev–Trinajstić information content (AvgIpc) is 3.05. The standard InChI is InChI=1S/C20H25N3O2/c1-3-4-5-6-7-8-15-9-12-20(24)19(13-15)23-21-17-11-10-16(25-2)14-18(17)22-23/h9-14,24H,3-8H2,1-2H3. The molecule has 1 aromatic heterocycles. The first-order chi connectivity index (χ1) is 12.2. The maximum absolute atomic E-state index is 10.2. The number of aryl methyl sites for hydroxylation is 1. The summed E-state index contributed by atoms with van der Waals surface area (Å²) in [5.74, 6) is 0.923. The molecule has 5 nitrogen and oxygen atoms in total. The molecular weight excluding hydrogens is 314 g/mol. The first-order valence-corrected chi connectivity index (χ1v) is 8.94. The monoisotopic (exact) mass is 339 g/mol. The van der Waals surface area contributed by atoms with E-state index in [0.29, 0.717) is 5.69 Å². The Morgan fingerprint density at radius 3 is 2.56 bits per heavy atom. The highest BCUT2D eigenvalue weighted by Crippen LogP contribution is 2.25. The van der Waals surface area contributed by atoms with E-state index < -0.39 is 0 Å². The number of benzene rings is 2. The van der Waals surface area contributed by atoms with Crippen molar-refractivity contribution >= 4 is 11.0 Å². The van der Waals surface area contributed by atoms with E-state index in [1.165, 1.54) is 36.0 Å². The van der Waals surface area contributed by atoms with Gasteiger partial charge in [0.15, 0.2) is 0 Å². The summed E-state index contributed by atoms with van der Waals surface area (Å²) in [6.07, 6.45) is 7.26. The van der Waals surface area contributed by atoms with Gasteiger partial charge in [-0.05, 0) is 42.7 Å². The molecule has 0 saturated heterocycles.